The highest BCUT2D eigenvalue weighted by Crippen LogP contribution is 2.27. The van der Waals surface area contributed by atoms with Crippen molar-refractivity contribution in [2.45, 2.75) is 51.6 Å². The van der Waals surface area contributed by atoms with Crippen LogP contribution in [0.25, 0.3) is 0 Å². The zero-order valence-corrected chi connectivity index (χ0v) is 11.2. The first-order chi connectivity index (χ1) is 8.11. The van der Waals surface area contributed by atoms with Crippen LogP contribution in [0, 0.1) is 0 Å². The highest BCUT2D eigenvalue weighted by atomic mass is 16.5. The van der Waals surface area contributed by atoms with Crippen LogP contribution in [0.15, 0.2) is 4.52 Å². The van der Waals surface area contributed by atoms with Crippen LogP contribution in [0.4, 0.5) is 0 Å². The van der Waals surface area contributed by atoms with Gasteiger partial charge in [0.2, 0.25) is 11.7 Å². The van der Waals surface area contributed by atoms with Crippen molar-refractivity contribution in [2.75, 3.05) is 13.7 Å². The predicted octanol–water partition coefficient (Wildman–Crippen LogP) is 2.18. The number of nitrogens with two attached hydrogens (primary N) is 1. The Morgan fingerprint density at radius 3 is 2.65 bits per heavy atom. The highest BCUT2D eigenvalue weighted by Gasteiger charge is 2.30. The number of rotatable bonds is 7. The lowest BCUT2D eigenvalue weighted by molar-refractivity contribution is 0.0854. The monoisotopic (exact) mass is 241 g/mol. The van der Waals surface area contributed by atoms with Gasteiger partial charge >= 0.3 is 0 Å². The molecule has 17 heavy (non-hydrogen) atoms. The summed E-state index contributed by atoms with van der Waals surface area (Å²) < 4.78 is 10.7. The first-order valence-corrected chi connectivity index (χ1v) is 6.18. The third-order valence-corrected chi connectivity index (χ3v) is 3.31. The van der Waals surface area contributed by atoms with Crippen molar-refractivity contribution in [1.29, 1.82) is 0 Å². The van der Waals surface area contributed by atoms with E-state index in [0.717, 1.165) is 19.3 Å². The van der Waals surface area contributed by atoms with Crippen LogP contribution in [-0.2, 0) is 10.2 Å². The van der Waals surface area contributed by atoms with Crippen molar-refractivity contribution in [3.63, 3.8) is 0 Å². The summed E-state index contributed by atoms with van der Waals surface area (Å²) in [6.07, 6.45) is 2.69. The molecular weight excluding hydrogens is 218 g/mol. The molecule has 0 aliphatic carbocycles. The minimum atomic E-state index is -0.240. The summed E-state index contributed by atoms with van der Waals surface area (Å²) in [6, 6.07) is 0. The molecule has 5 nitrogen and oxygen atoms in total. The van der Waals surface area contributed by atoms with Gasteiger partial charge in [-0.3, -0.25) is 0 Å². The van der Waals surface area contributed by atoms with Gasteiger partial charge in [-0.15, -0.1) is 0 Å². The topological polar surface area (TPSA) is 74.2 Å². The molecule has 98 valence electrons. The fourth-order valence-corrected chi connectivity index (χ4v) is 1.61. The molecule has 2 atom stereocenters. The quantitative estimate of drug-likeness (QED) is 0.792. The molecule has 0 aromatic carbocycles. The van der Waals surface area contributed by atoms with Crippen molar-refractivity contribution in [2.24, 2.45) is 5.73 Å². The van der Waals surface area contributed by atoms with E-state index in [2.05, 4.69) is 24.0 Å². The maximum absolute atomic E-state index is 5.77. The summed E-state index contributed by atoms with van der Waals surface area (Å²) in [6.45, 7) is 6.70. The number of aromatic nitrogens is 2. The number of hydrogen-bond donors (Lipinski definition) is 1. The third-order valence-electron chi connectivity index (χ3n) is 3.31. The summed E-state index contributed by atoms with van der Waals surface area (Å²) in [5, 5.41) is 4.00. The van der Waals surface area contributed by atoms with Gasteiger partial charge in [0.15, 0.2) is 0 Å². The summed E-state index contributed by atoms with van der Waals surface area (Å²) in [5.41, 5.74) is 5.53. The van der Waals surface area contributed by atoms with E-state index in [1.165, 1.54) is 0 Å². The Morgan fingerprint density at radius 2 is 2.18 bits per heavy atom. The molecular formula is C12H23N3O2. The number of hydrogen-bond acceptors (Lipinski definition) is 5. The third kappa shape index (κ3) is 3.04. The lowest BCUT2D eigenvalue weighted by atomic mass is 9.88. The standard InChI is InChI=1S/C12H23N3O2/c1-5-7-9(16-4)10-14-11(17-15-10)12(3,6-2)8-13/h9H,5-8,13H2,1-4H3. The first-order valence-electron chi connectivity index (χ1n) is 6.18. The smallest absolute Gasteiger partial charge is 0.233 e. The molecule has 0 bridgehead atoms. The van der Waals surface area contributed by atoms with Crippen LogP contribution in [0.3, 0.4) is 0 Å². The van der Waals surface area contributed by atoms with E-state index >= 15 is 0 Å². The van der Waals surface area contributed by atoms with Crippen molar-refractivity contribution in [3.8, 4) is 0 Å². The second-order valence-corrected chi connectivity index (χ2v) is 4.59. The van der Waals surface area contributed by atoms with E-state index in [-0.39, 0.29) is 11.5 Å². The molecule has 5 heteroatoms. The Balaban J connectivity index is 2.90. The maximum Gasteiger partial charge on any atom is 0.233 e. The molecule has 0 fully saturated rings. The van der Waals surface area contributed by atoms with E-state index in [0.29, 0.717) is 18.3 Å². The molecule has 0 saturated carbocycles. The molecule has 1 rings (SSSR count). The van der Waals surface area contributed by atoms with Gasteiger partial charge in [0.1, 0.15) is 6.10 Å². The molecule has 1 aromatic heterocycles. The van der Waals surface area contributed by atoms with E-state index in [9.17, 15) is 0 Å². The molecule has 1 aromatic rings. The molecule has 2 unspecified atom stereocenters. The second kappa shape index (κ2) is 6.12. The van der Waals surface area contributed by atoms with Gasteiger partial charge in [-0.2, -0.15) is 4.98 Å². The van der Waals surface area contributed by atoms with Gasteiger partial charge < -0.3 is 15.0 Å². The van der Waals surface area contributed by atoms with Gasteiger partial charge in [0.25, 0.3) is 0 Å². The van der Waals surface area contributed by atoms with E-state index < -0.39 is 0 Å². The minimum Gasteiger partial charge on any atom is -0.373 e. The minimum absolute atomic E-state index is 0.0867. The van der Waals surface area contributed by atoms with Crippen LogP contribution in [0.2, 0.25) is 0 Å². The number of methoxy groups -OCH3 is 1. The highest BCUT2D eigenvalue weighted by molar-refractivity contribution is 5.04. The lowest BCUT2D eigenvalue weighted by Crippen LogP contribution is -2.31. The van der Waals surface area contributed by atoms with Gasteiger partial charge in [0, 0.05) is 13.7 Å². The zero-order valence-electron chi connectivity index (χ0n) is 11.2. The van der Waals surface area contributed by atoms with Gasteiger partial charge in [-0.1, -0.05) is 25.4 Å². The Morgan fingerprint density at radius 1 is 1.47 bits per heavy atom. The molecule has 0 aliphatic heterocycles. The van der Waals surface area contributed by atoms with E-state index in [1.54, 1.807) is 7.11 Å². The van der Waals surface area contributed by atoms with Crippen molar-refractivity contribution in [3.05, 3.63) is 11.7 Å². The molecule has 0 amide bonds. The van der Waals surface area contributed by atoms with Crippen molar-refractivity contribution >= 4 is 0 Å². The van der Waals surface area contributed by atoms with Crippen LogP contribution < -0.4 is 5.73 Å². The maximum atomic E-state index is 5.77. The lowest BCUT2D eigenvalue weighted by Gasteiger charge is -2.20. The Kier molecular flexibility index (Phi) is 5.08. The Labute approximate surface area is 103 Å². The fourth-order valence-electron chi connectivity index (χ4n) is 1.61. The molecule has 2 N–H and O–H groups in total. The summed E-state index contributed by atoms with van der Waals surface area (Å²) in [5.74, 6) is 1.23. The molecule has 0 saturated heterocycles. The van der Waals surface area contributed by atoms with Crippen LogP contribution in [0.5, 0.6) is 0 Å². The van der Waals surface area contributed by atoms with Gasteiger partial charge in [0.05, 0.1) is 5.41 Å². The number of nitrogens with zero attached hydrogens (tertiary/aromatic N) is 2. The first kappa shape index (κ1) is 14.1. The Hall–Kier alpha value is -0.940. The molecule has 1 heterocycles. The Bertz CT molecular complexity index is 334. The SMILES string of the molecule is CCCC(OC)c1noc(C(C)(CC)CN)n1. The molecule has 0 spiro atoms. The van der Waals surface area contributed by atoms with E-state index in [1.807, 2.05) is 6.92 Å². The second-order valence-electron chi connectivity index (χ2n) is 4.59. The average molecular weight is 241 g/mol. The van der Waals surface area contributed by atoms with E-state index in [4.69, 9.17) is 15.0 Å². The van der Waals surface area contributed by atoms with Crippen LogP contribution in [0.1, 0.15) is 57.9 Å². The van der Waals surface area contributed by atoms with Crippen LogP contribution in [-0.4, -0.2) is 23.8 Å². The molecule has 0 radical (unpaired) electrons. The largest absolute Gasteiger partial charge is 0.373 e. The number of ether oxygens (including phenoxy) is 1. The zero-order chi connectivity index (χ0) is 12.9. The summed E-state index contributed by atoms with van der Waals surface area (Å²) >= 11 is 0. The fraction of sp³-hybridized carbons (Fsp3) is 0.833. The molecule has 0 aliphatic rings. The summed E-state index contributed by atoms with van der Waals surface area (Å²) in [7, 11) is 1.66. The van der Waals surface area contributed by atoms with Gasteiger partial charge in [-0.05, 0) is 19.8 Å². The normalized spacial score (nSPS) is 16.8. The average Bonchev–Trinajstić information content (AvgIpc) is 2.84. The van der Waals surface area contributed by atoms with Crippen molar-refractivity contribution in [1.82, 2.24) is 10.1 Å². The summed E-state index contributed by atoms with van der Waals surface area (Å²) in [4.78, 5) is 4.43. The van der Waals surface area contributed by atoms with Crippen LogP contribution >= 0.6 is 0 Å². The van der Waals surface area contributed by atoms with Gasteiger partial charge in [-0.25, -0.2) is 0 Å². The van der Waals surface area contributed by atoms with Crippen molar-refractivity contribution < 1.29 is 9.26 Å². The predicted molar refractivity (Wildman–Crippen MR) is 65.7 cm³/mol.